The minimum atomic E-state index is -0.258. The predicted molar refractivity (Wildman–Crippen MR) is 103 cm³/mol. The molecule has 0 spiro atoms. The van der Waals surface area contributed by atoms with Gasteiger partial charge in [0.05, 0.1) is 18.8 Å². The monoisotopic (exact) mass is 370 g/mol. The second-order valence-corrected chi connectivity index (χ2v) is 6.99. The molecule has 1 fully saturated rings. The molecule has 1 aliphatic carbocycles. The minimum absolute atomic E-state index is 0.258. The molecule has 0 saturated heterocycles. The van der Waals surface area contributed by atoms with E-state index in [1.54, 1.807) is 6.20 Å². The van der Waals surface area contributed by atoms with Crippen LogP contribution in [0.1, 0.15) is 29.8 Å². The number of carbonyl (C=O) groups excluding carboxylic acids is 1. The second-order valence-electron chi connectivity index (χ2n) is 6.99. The second kappa shape index (κ2) is 8.66. The molecule has 0 atom stereocenters. The van der Waals surface area contributed by atoms with Gasteiger partial charge in [0, 0.05) is 38.6 Å². The molecule has 3 rings (SSSR count). The van der Waals surface area contributed by atoms with E-state index in [4.69, 9.17) is 4.74 Å². The number of aromatic nitrogens is 3. The average Bonchev–Trinajstić information content (AvgIpc) is 3.48. The fraction of sp³-hybridized carbons (Fsp3) is 0.474. The lowest BCUT2D eigenvalue weighted by molar-refractivity contribution is 0.240. The van der Waals surface area contributed by atoms with E-state index in [0.29, 0.717) is 30.8 Å². The molecule has 2 heterocycles. The highest BCUT2D eigenvalue weighted by molar-refractivity contribution is 5.73. The number of hydrogen-bond donors (Lipinski definition) is 2. The summed E-state index contributed by atoms with van der Waals surface area (Å²) in [5, 5.41) is 5.63. The van der Waals surface area contributed by atoms with Crippen LogP contribution >= 0.6 is 0 Å². The molecule has 2 aromatic rings. The van der Waals surface area contributed by atoms with E-state index in [1.807, 2.05) is 44.1 Å². The Balaban J connectivity index is 1.42. The van der Waals surface area contributed by atoms with Gasteiger partial charge in [-0.15, -0.1) is 0 Å². The topological polar surface area (TPSA) is 92.3 Å². The fourth-order valence-corrected chi connectivity index (χ4v) is 2.41. The molecular weight excluding hydrogens is 344 g/mol. The van der Waals surface area contributed by atoms with Crippen molar-refractivity contribution >= 4 is 12.0 Å². The zero-order chi connectivity index (χ0) is 19.2. The largest absolute Gasteiger partial charge is 0.477 e. The van der Waals surface area contributed by atoms with Crippen LogP contribution in [0.25, 0.3) is 0 Å². The van der Waals surface area contributed by atoms with Gasteiger partial charge in [-0.2, -0.15) is 0 Å². The first-order chi connectivity index (χ1) is 13.0. The van der Waals surface area contributed by atoms with E-state index in [9.17, 15) is 4.79 Å². The molecule has 8 nitrogen and oxygen atoms in total. The van der Waals surface area contributed by atoms with Crippen molar-refractivity contribution in [3.63, 3.8) is 0 Å². The van der Waals surface area contributed by atoms with Crippen LogP contribution in [-0.4, -0.2) is 41.7 Å². The Labute approximate surface area is 159 Å². The molecule has 144 valence electrons. The van der Waals surface area contributed by atoms with E-state index < -0.39 is 0 Å². The third-order valence-corrected chi connectivity index (χ3v) is 4.14. The molecule has 27 heavy (non-hydrogen) atoms. The summed E-state index contributed by atoms with van der Waals surface area (Å²) in [4.78, 5) is 26.9. The van der Waals surface area contributed by atoms with Crippen LogP contribution in [0.15, 0.2) is 24.4 Å². The summed E-state index contributed by atoms with van der Waals surface area (Å²) >= 11 is 0. The first-order valence-electron chi connectivity index (χ1n) is 9.11. The number of anilines is 1. The summed E-state index contributed by atoms with van der Waals surface area (Å²) < 4.78 is 5.61. The van der Waals surface area contributed by atoms with Crippen molar-refractivity contribution in [2.75, 3.05) is 25.6 Å². The normalized spacial score (nSPS) is 13.1. The van der Waals surface area contributed by atoms with E-state index in [1.165, 1.54) is 12.8 Å². The molecule has 0 unspecified atom stereocenters. The number of hydrogen-bond acceptors (Lipinski definition) is 6. The van der Waals surface area contributed by atoms with Gasteiger partial charge in [0.25, 0.3) is 0 Å². The van der Waals surface area contributed by atoms with Gasteiger partial charge >= 0.3 is 6.03 Å². The van der Waals surface area contributed by atoms with E-state index in [2.05, 4.69) is 25.6 Å². The maximum Gasteiger partial charge on any atom is 0.315 e. The zero-order valence-corrected chi connectivity index (χ0v) is 16.0. The summed E-state index contributed by atoms with van der Waals surface area (Å²) in [5.74, 6) is 1.96. The first-order valence-corrected chi connectivity index (χ1v) is 9.11. The van der Waals surface area contributed by atoms with Crippen molar-refractivity contribution in [2.24, 2.45) is 5.92 Å². The average molecular weight is 370 g/mol. The molecule has 0 radical (unpaired) electrons. The number of rotatable bonds is 8. The van der Waals surface area contributed by atoms with Crippen LogP contribution in [0.4, 0.5) is 10.7 Å². The molecule has 2 aromatic heterocycles. The number of nitrogens with zero attached hydrogens (tertiary/aromatic N) is 4. The quantitative estimate of drug-likeness (QED) is 0.739. The molecule has 2 amide bonds. The first kappa shape index (κ1) is 18.9. The van der Waals surface area contributed by atoms with Crippen molar-refractivity contribution in [3.05, 3.63) is 41.3 Å². The predicted octanol–water partition coefficient (Wildman–Crippen LogP) is 2.03. The van der Waals surface area contributed by atoms with Gasteiger partial charge in [0.15, 0.2) is 0 Å². The molecular formula is C19H26N6O2. The number of urea groups is 1. The highest BCUT2D eigenvalue weighted by Crippen LogP contribution is 2.29. The van der Waals surface area contributed by atoms with Gasteiger partial charge in [0.1, 0.15) is 0 Å². The summed E-state index contributed by atoms with van der Waals surface area (Å²) in [6, 6.07) is 5.35. The summed E-state index contributed by atoms with van der Waals surface area (Å²) in [6.07, 6.45) is 4.23. The van der Waals surface area contributed by atoms with Crippen molar-refractivity contribution in [1.82, 2.24) is 25.6 Å². The van der Waals surface area contributed by atoms with Crippen molar-refractivity contribution < 1.29 is 9.53 Å². The van der Waals surface area contributed by atoms with Crippen LogP contribution in [0.2, 0.25) is 0 Å². The van der Waals surface area contributed by atoms with Crippen LogP contribution in [0, 0.1) is 12.8 Å². The summed E-state index contributed by atoms with van der Waals surface area (Å²) in [7, 11) is 3.77. The molecule has 0 bridgehead atoms. The Morgan fingerprint density at radius 2 is 2.00 bits per heavy atom. The van der Waals surface area contributed by atoms with Gasteiger partial charge in [-0.25, -0.2) is 19.7 Å². The Hall–Kier alpha value is -2.90. The van der Waals surface area contributed by atoms with Crippen molar-refractivity contribution in [3.8, 4) is 5.88 Å². The van der Waals surface area contributed by atoms with Crippen molar-refractivity contribution in [2.45, 2.75) is 32.9 Å². The SMILES string of the molecule is Cc1cc(CNC(=O)NCc2ccc(OCC3CC3)nc2)nc(N(C)C)n1. The lowest BCUT2D eigenvalue weighted by Gasteiger charge is -2.13. The van der Waals surface area contributed by atoms with Crippen LogP contribution in [-0.2, 0) is 13.1 Å². The maximum atomic E-state index is 12.0. The molecule has 2 N–H and O–H groups in total. The van der Waals surface area contributed by atoms with Crippen LogP contribution < -0.4 is 20.3 Å². The number of aryl methyl sites for hydroxylation is 1. The van der Waals surface area contributed by atoms with Crippen LogP contribution in [0.3, 0.4) is 0 Å². The Kier molecular flexibility index (Phi) is 6.05. The third kappa shape index (κ3) is 6.09. The molecule has 1 aliphatic rings. The summed E-state index contributed by atoms with van der Waals surface area (Å²) in [6.45, 7) is 3.38. The Morgan fingerprint density at radius 1 is 1.22 bits per heavy atom. The van der Waals surface area contributed by atoms with Crippen molar-refractivity contribution in [1.29, 1.82) is 0 Å². The molecule has 0 aliphatic heterocycles. The lowest BCUT2D eigenvalue weighted by Crippen LogP contribution is -2.35. The van der Waals surface area contributed by atoms with Crippen LogP contribution in [0.5, 0.6) is 5.88 Å². The van der Waals surface area contributed by atoms with Gasteiger partial charge in [-0.05, 0) is 37.3 Å². The number of pyridine rings is 1. The Morgan fingerprint density at radius 3 is 2.67 bits per heavy atom. The Bertz CT molecular complexity index is 774. The van der Waals surface area contributed by atoms with E-state index >= 15 is 0 Å². The fourth-order valence-electron chi connectivity index (χ4n) is 2.41. The van der Waals surface area contributed by atoms with Gasteiger partial charge in [-0.1, -0.05) is 6.07 Å². The van der Waals surface area contributed by atoms with E-state index in [0.717, 1.165) is 23.6 Å². The number of carbonyl (C=O) groups is 1. The summed E-state index contributed by atoms with van der Waals surface area (Å²) in [5.41, 5.74) is 2.54. The minimum Gasteiger partial charge on any atom is -0.477 e. The number of amides is 2. The van der Waals surface area contributed by atoms with Gasteiger partial charge in [0.2, 0.25) is 11.8 Å². The third-order valence-electron chi connectivity index (χ3n) is 4.14. The van der Waals surface area contributed by atoms with E-state index in [-0.39, 0.29) is 6.03 Å². The smallest absolute Gasteiger partial charge is 0.315 e. The standard InChI is InChI=1S/C19H26N6O2/c1-13-8-16(24-18(23-13)25(2)3)11-22-19(26)21-10-15-6-7-17(20-9-15)27-12-14-4-5-14/h6-9,14H,4-5,10-12H2,1-3H3,(H2,21,22,26). The highest BCUT2D eigenvalue weighted by Gasteiger charge is 2.22. The number of nitrogens with one attached hydrogen (secondary N) is 2. The van der Waals surface area contributed by atoms with Gasteiger partial charge in [-0.3, -0.25) is 0 Å². The molecule has 1 saturated carbocycles. The maximum absolute atomic E-state index is 12.0. The number of ether oxygens (including phenoxy) is 1. The van der Waals surface area contributed by atoms with Gasteiger partial charge < -0.3 is 20.3 Å². The highest BCUT2D eigenvalue weighted by atomic mass is 16.5. The lowest BCUT2D eigenvalue weighted by atomic mass is 10.3. The zero-order valence-electron chi connectivity index (χ0n) is 16.0. The molecule has 0 aromatic carbocycles. The molecule has 8 heteroatoms.